The second-order valence-corrected chi connectivity index (χ2v) is 4.24. The van der Waals surface area contributed by atoms with Crippen molar-refractivity contribution >= 4 is 28.8 Å². The van der Waals surface area contributed by atoms with Crippen molar-refractivity contribution in [2.24, 2.45) is 5.73 Å². The van der Waals surface area contributed by atoms with E-state index in [9.17, 15) is 9.18 Å². The Morgan fingerprint density at radius 1 is 1.56 bits per heavy atom. The molecule has 0 aliphatic carbocycles. The van der Waals surface area contributed by atoms with E-state index in [1.807, 2.05) is 0 Å². The minimum atomic E-state index is -0.339. The average molecular weight is 238 g/mol. The third kappa shape index (κ3) is 2.04. The van der Waals surface area contributed by atoms with Gasteiger partial charge in [0.15, 0.2) is 0 Å². The van der Waals surface area contributed by atoms with E-state index in [-0.39, 0.29) is 23.1 Å². The molecule has 0 atom stereocenters. The average Bonchev–Trinajstić information content (AvgIpc) is 2.59. The van der Waals surface area contributed by atoms with Gasteiger partial charge in [-0.3, -0.25) is 4.79 Å². The Balaban J connectivity index is 2.25. The lowest BCUT2D eigenvalue weighted by Crippen LogP contribution is -2.32. The smallest absolute Gasteiger partial charge is 0.233 e. The van der Waals surface area contributed by atoms with Gasteiger partial charge in [0.25, 0.3) is 0 Å². The van der Waals surface area contributed by atoms with Crippen LogP contribution in [0.25, 0.3) is 0 Å². The Bertz CT molecular complexity index is 461. The molecular weight excluding hydrogens is 227 g/mol. The van der Waals surface area contributed by atoms with Gasteiger partial charge in [0, 0.05) is 12.2 Å². The van der Waals surface area contributed by atoms with E-state index >= 15 is 0 Å². The van der Waals surface area contributed by atoms with Crippen LogP contribution in [0.3, 0.4) is 0 Å². The number of fused-ring (bicyclic) bond motifs is 1. The summed E-state index contributed by atoms with van der Waals surface area (Å²) in [6.07, 6.45) is 0.782. The van der Waals surface area contributed by atoms with Crippen LogP contribution in [-0.2, 0) is 11.2 Å². The van der Waals surface area contributed by atoms with Crippen LogP contribution in [0, 0.1) is 5.82 Å². The lowest BCUT2D eigenvalue weighted by atomic mass is 10.2. The van der Waals surface area contributed by atoms with Gasteiger partial charge in [0.05, 0.1) is 11.4 Å². The molecule has 5 heteroatoms. The second-order valence-electron chi connectivity index (χ2n) is 3.71. The van der Waals surface area contributed by atoms with Gasteiger partial charge in [-0.25, -0.2) is 4.39 Å². The zero-order valence-corrected chi connectivity index (χ0v) is 9.39. The molecule has 0 spiro atoms. The molecule has 0 saturated heterocycles. The van der Waals surface area contributed by atoms with E-state index in [0.717, 1.165) is 12.0 Å². The molecule has 0 radical (unpaired) electrons. The molecule has 0 fully saturated rings. The summed E-state index contributed by atoms with van der Waals surface area (Å²) in [6, 6.07) is 4.49. The molecule has 1 amide bonds. The van der Waals surface area contributed by atoms with Gasteiger partial charge in [0.1, 0.15) is 5.82 Å². The summed E-state index contributed by atoms with van der Waals surface area (Å²) in [5, 5.41) is 0. The Morgan fingerprint density at radius 3 is 3.00 bits per heavy atom. The molecule has 0 aromatic heterocycles. The van der Waals surface area contributed by atoms with Gasteiger partial charge in [-0.1, -0.05) is 18.3 Å². The maximum atomic E-state index is 13.1. The van der Waals surface area contributed by atoms with E-state index in [1.165, 1.54) is 17.0 Å². The first-order valence-corrected chi connectivity index (χ1v) is 5.36. The molecule has 3 nitrogen and oxygen atoms in total. The number of halogens is 1. The number of rotatable bonds is 2. The van der Waals surface area contributed by atoms with Crippen molar-refractivity contribution in [2.45, 2.75) is 12.8 Å². The van der Waals surface area contributed by atoms with Crippen LogP contribution in [0.4, 0.5) is 10.1 Å². The van der Waals surface area contributed by atoms with Gasteiger partial charge >= 0.3 is 0 Å². The van der Waals surface area contributed by atoms with E-state index in [2.05, 4.69) is 12.2 Å². The molecule has 1 heterocycles. The maximum Gasteiger partial charge on any atom is 0.233 e. The Morgan fingerprint density at radius 2 is 2.31 bits per heavy atom. The van der Waals surface area contributed by atoms with Gasteiger partial charge in [-0.05, 0) is 24.1 Å². The Hall–Kier alpha value is -1.49. The fraction of sp³-hybridized carbons (Fsp3) is 0.273. The highest BCUT2D eigenvalue weighted by molar-refractivity contribution is 7.80. The zero-order valence-electron chi connectivity index (χ0n) is 8.57. The second kappa shape index (κ2) is 4.17. The highest BCUT2D eigenvalue weighted by Gasteiger charge is 2.24. The summed E-state index contributed by atoms with van der Waals surface area (Å²) in [5.41, 5.74) is 6.94. The fourth-order valence-electron chi connectivity index (χ4n) is 1.86. The lowest BCUT2D eigenvalue weighted by Gasteiger charge is -2.16. The van der Waals surface area contributed by atoms with Crippen LogP contribution in [0.5, 0.6) is 0 Å². The monoisotopic (exact) mass is 238 g/mol. The number of hydrogen-bond donors (Lipinski definition) is 1. The van der Waals surface area contributed by atoms with Crippen molar-refractivity contribution in [1.82, 2.24) is 0 Å². The van der Waals surface area contributed by atoms with E-state index in [4.69, 9.17) is 5.73 Å². The number of nitrogens with two attached hydrogens (primary N) is 1. The van der Waals surface area contributed by atoms with Crippen molar-refractivity contribution in [3.63, 3.8) is 0 Å². The number of anilines is 1. The molecule has 1 aliphatic heterocycles. The van der Waals surface area contributed by atoms with Crippen molar-refractivity contribution < 1.29 is 9.18 Å². The third-order valence-corrected chi connectivity index (χ3v) is 2.71. The number of carbonyl (C=O) groups excluding carboxylic acids is 1. The van der Waals surface area contributed by atoms with Crippen molar-refractivity contribution in [1.29, 1.82) is 0 Å². The zero-order chi connectivity index (χ0) is 11.7. The molecule has 0 saturated carbocycles. The van der Waals surface area contributed by atoms with Crippen LogP contribution in [0.2, 0.25) is 0 Å². The Kier molecular flexibility index (Phi) is 2.87. The van der Waals surface area contributed by atoms with Crippen molar-refractivity contribution in [3.05, 3.63) is 29.6 Å². The van der Waals surface area contributed by atoms with Gasteiger partial charge in [-0.2, -0.15) is 0 Å². The van der Waals surface area contributed by atoms with Crippen LogP contribution in [0.15, 0.2) is 18.2 Å². The SMILES string of the molecule is NC(=S)CC(=O)N1CCc2ccc(F)cc21. The van der Waals surface area contributed by atoms with Crippen molar-refractivity contribution in [3.8, 4) is 0 Å². The van der Waals surface area contributed by atoms with Crippen LogP contribution in [0.1, 0.15) is 12.0 Å². The molecule has 1 aromatic rings. The summed E-state index contributed by atoms with van der Waals surface area (Å²) < 4.78 is 13.1. The third-order valence-electron chi connectivity index (χ3n) is 2.57. The predicted molar refractivity (Wildman–Crippen MR) is 63.9 cm³/mol. The number of thiocarbonyl (C=S) groups is 1. The first-order valence-electron chi connectivity index (χ1n) is 4.95. The summed E-state index contributed by atoms with van der Waals surface area (Å²) in [4.78, 5) is 13.5. The largest absolute Gasteiger partial charge is 0.393 e. The minimum absolute atomic E-state index is 0.0330. The maximum absolute atomic E-state index is 13.1. The summed E-state index contributed by atoms with van der Waals surface area (Å²) in [7, 11) is 0. The quantitative estimate of drug-likeness (QED) is 0.792. The molecular formula is C11H11FN2OS. The van der Waals surface area contributed by atoms with Gasteiger partial charge in [-0.15, -0.1) is 0 Å². The van der Waals surface area contributed by atoms with Crippen LogP contribution >= 0.6 is 12.2 Å². The number of carbonyl (C=O) groups is 1. The summed E-state index contributed by atoms with van der Waals surface area (Å²) >= 11 is 4.69. The Labute approximate surface area is 98.0 Å². The van der Waals surface area contributed by atoms with Crippen LogP contribution < -0.4 is 10.6 Å². The molecule has 1 aliphatic rings. The standard InChI is InChI=1S/C11H11FN2OS/c12-8-2-1-7-3-4-14(9(7)5-8)11(15)6-10(13)16/h1-2,5H,3-4,6H2,(H2,13,16). The van der Waals surface area contributed by atoms with Crippen molar-refractivity contribution in [2.75, 3.05) is 11.4 Å². The minimum Gasteiger partial charge on any atom is -0.393 e. The molecule has 16 heavy (non-hydrogen) atoms. The molecule has 2 N–H and O–H groups in total. The number of benzene rings is 1. The van der Waals surface area contributed by atoms with Crippen LogP contribution in [-0.4, -0.2) is 17.4 Å². The van der Waals surface area contributed by atoms with E-state index in [0.29, 0.717) is 12.2 Å². The van der Waals surface area contributed by atoms with E-state index < -0.39 is 0 Å². The van der Waals surface area contributed by atoms with Gasteiger partial charge < -0.3 is 10.6 Å². The highest BCUT2D eigenvalue weighted by atomic mass is 32.1. The number of hydrogen-bond acceptors (Lipinski definition) is 2. The number of amides is 1. The highest BCUT2D eigenvalue weighted by Crippen LogP contribution is 2.29. The fourth-order valence-corrected chi connectivity index (χ4v) is 1.98. The topological polar surface area (TPSA) is 46.3 Å². The molecule has 84 valence electrons. The number of nitrogens with zero attached hydrogens (tertiary/aromatic N) is 1. The first kappa shape index (κ1) is 11.0. The normalized spacial score (nSPS) is 13.7. The molecule has 2 rings (SSSR count). The molecule has 1 aromatic carbocycles. The molecule has 0 bridgehead atoms. The van der Waals surface area contributed by atoms with E-state index in [1.54, 1.807) is 6.07 Å². The molecule has 0 unspecified atom stereocenters. The predicted octanol–water partition coefficient (Wildman–Crippen LogP) is 1.39. The summed E-state index contributed by atoms with van der Waals surface area (Å²) in [5.74, 6) is -0.509. The first-order chi connectivity index (χ1) is 7.58. The lowest BCUT2D eigenvalue weighted by molar-refractivity contribution is -0.117. The van der Waals surface area contributed by atoms with Gasteiger partial charge in [0.2, 0.25) is 5.91 Å². The summed E-state index contributed by atoms with van der Waals surface area (Å²) in [6.45, 7) is 0.570.